The number of fused-ring (bicyclic) bond motifs is 1. The van der Waals surface area contributed by atoms with Crippen LogP contribution in [0.1, 0.15) is 12.5 Å². The van der Waals surface area contributed by atoms with Crippen molar-refractivity contribution in [3.8, 4) is 0 Å². The fourth-order valence-corrected chi connectivity index (χ4v) is 1.80. The molecule has 2 aromatic carbocycles. The van der Waals surface area contributed by atoms with E-state index in [-0.39, 0.29) is 11.4 Å². The van der Waals surface area contributed by atoms with Gasteiger partial charge in [0.05, 0.1) is 0 Å². The van der Waals surface area contributed by atoms with Gasteiger partial charge in [0.1, 0.15) is 5.58 Å². The zero-order valence-electron chi connectivity index (χ0n) is 14.8. The van der Waals surface area contributed by atoms with Gasteiger partial charge in [-0.15, -0.1) is 0 Å². The Hall–Kier alpha value is -3.24. The van der Waals surface area contributed by atoms with Crippen LogP contribution >= 0.6 is 11.6 Å². The molecule has 4 nitrogen and oxygen atoms in total. The lowest BCUT2D eigenvalue weighted by Gasteiger charge is -1.91. The molecule has 0 aliphatic heterocycles. The van der Waals surface area contributed by atoms with E-state index in [0.717, 1.165) is 10.9 Å². The highest BCUT2D eigenvalue weighted by Crippen LogP contribution is 2.09. The number of benzene rings is 2. The van der Waals surface area contributed by atoms with E-state index in [2.05, 4.69) is 6.58 Å². The van der Waals surface area contributed by atoms with Gasteiger partial charge in [-0.3, -0.25) is 9.59 Å². The van der Waals surface area contributed by atoms with E-state index in [1.165, 1.54) is 25.1 Å². The lowest BCUT2D eigenvalue weighted by atomic mass is 10.2. The van der Waals surface area contributed by atoms with Crippen molar-refractivity contribution in [2.24, 2.45) is 0 Å². The van der Waals surface area contributed by atoms with Gasteiger partial charge in [-0.1, -0.05) is 61.2 Å². The molecular weight excluding hydrogens is 364 g/mol. The van der Waals surface area contributed by atoms with Crippen molar-refractivity contribution in [2.45, 2.75) is 6.92 Å². The van der Waals surface area contributed by atoms with Gasteiger partial charge in [-0.25, -0.2) is 4.79 Å². The fourth-order valence-electron chi connectivity index (χ4n) is 1.74. The summed E-state index contributed by atoms with van der Waals surface area (Å²) in [5, 5.41) is 0.501. The Kier molecular flexibility index (Phi) is 9.83. The number of hydrogen-bond donors (Lipinski definition) is 0. The summed E-state index contributed by atoms with van der Waals surface area (Å²) >= 11 is 5.10. The van der Waals surface area contributed by atoms with E-state index >= 15 is 0 Å². The van der Waals surface area contributed by atoms with E-state index in [9.17, 15) is 14.4 Å². The molecule has 0 aliphatic rings. The second-order valence-electron chi connectivity index (χ2n) is 5.16. The lowest BCUT2D eigenvalue weighted by molar-refractivity contribution is -0.112. The molecule has 0 saturated carbocycles. The predicted molar refractivity (Wildman–Crippen MR) is 110 cm³/mol. The van der Waals surface area contributed by atoms with Gasteiger partial charge >= 0.3 is 5.63 Å². The van der Waals surface area contributed by atoms with E-state index in [1.807, 2.05) is 48.5 Å². The minimum atomic E-state index is -0.450. The molecule has 27 heavy (non-hydrogen) atoms. The number of rotatable bonds is 3. The predicted octanol–water partition coefficient (Wildman–Crippen LogP) is 5.02. The summed E-state index contributed by atoms with van der Waals surface area (Å²) in [6.07, 6.45) is 4.28. The standard InChI is InChI=1S/C9H7ClO.C9H6O2.C4H6O/c10-9(11)7-6-8-4-2-1-3-5-8;10-9-6-5-7-3-1-2-4-8(7)11-9;1-3-4(2)5/h1-7H;1-6H;3H,1H2,2H3/b7-6+;;. The molecule has 0 radical (unpaired) electrons. The molecule has 0 saturated heterocycles. The summed E-state index contributed by atoms with van der Waals surface area (Å²) in [4.78, 5) is 30.7. The Labute approximate surface area is 162 Å². The smallest absolute Gasteiger partial charge is 0.336 e. The Morgan fingerprint density at radius 2 is 1.56 bits per heavy atom. The monoisotopic (exact) mass is 382 g/mol. The molecule has 5 heteroatoms. The summed E-state index contributed by atoms with van der Waals surface area (Å²) in [7, 11) is 0. The fraction of sp³-hybridized carbons (Fsp3) is 0.0455. The van der Waals surface area contributed by atoms with E-state index < -0.39 is 5.24 Å². The highest BCUT2D eigenvalue weighted by molar-refractivity contribution is 6.66. The van der Waals surface area contributed by atoms with Crippen molar-refractivity contribution in [3.05, 3.63) is 101 Å². The Bertz CT molecular complexity index is 972. The zero-order chi connectivity index (χ0) is 20.1. The molecule has 138 valence electrons. The molecule has 1 heterocycles. The number of halogens is 1. The van der Waals surface area contributed by atoms with Crippen molar-refractivity contribution in [1.82, 2.24) is 0 Å². The molecule has 0 spiro atoms. The highest BCUT2D eigenvalue weighted by atomic mass is 35.5. The third-order valence-corrected chi connectivity index (χ3v) is 3.15. The Morgan fingerprint density at radius 1 is 0.963 bits per heavy atom. The molecule has 3 rings (SSSR count). The number of para-hydroxylation sites is 1. The summed E-state index contributed by atoms with van der Waals surface area (Å²) in [5.74, 6) is 0.0185. The maximum atomic E-state index is 10.7. The number of carbonyl (C=O) groups is 2. The average molecular weight is 383 g/mol. The molecule has 3 aromatic rings. The second-order valence-corrected chi connectivity index (χ2v) is 5.53. The number of ketones is 1. The maximum Gasteiger partial charge on any atom is 0.336 e. The third-order valence-electron chi connectivity index (χ3n) is 3.02. The first-order valence-corrected chi connectivity index (χ1v) is 8.34. The molecular formula is C22H19ClO4. The highest BCUT2D eigenvalue weighted by Gasteiger charge is 1.92. The van der Waals surface area contributed by atoms with E-state index in [0.29, 0.717) is 5.58 Å². The maximum absolute atomic E-state index is 10.7. The molecule has 0 unspecified atom stereocenters. The minimum Gasteiger partial charge on any atom is -0.423 e. The van der Waals surface area contributed by atoms with Crippen molar-refractivity contribution in [2.75, 3.05) is 0 Å². The van der Waals surface area contributed by atoms with Gasteiger partial charge in [0.25, 0.3) is 0 Å². The first kappa shape index (κ1) is 21.8. The quantitative estimate of drug-likeness (QED) is 0.362. The average Bonchev–Trinajstić information content (AvgIpc) is 2.68. The van der Waals surface area contributed by atoms with E-state index in [1.54, 1.807) is 18.2 Å². The molecule has 0 N–H and O–H groups in total. The first-order valence-electron chi connectivity index (χ1n) is 7.97. The van der Waals surface area contributed by atoms with Gasteiger partial charge in [-0.05, 0) is 48.4 Å². The van der Waals surface area contributed by atoms with Crippen LogP contribution in [0, 0.1) is 0 Å². The topological polar surface area (TPSA) is 64.3 Å². The van der Waals surface area contributed by atoms with Gasteiger partial charge in [0.2, 0.25) is 5.24 Å². The third kappa shape index (κ3) is 9.72. The van der Waals surface area contributed by atoms with Gasteiger partial charge < -0.3 is 4.42 Å². The summed E-state index contributed by atoms with van der Waals surface area (Å²) in [5.41, 5.74) is 1.31. The largest absolute Gasteiger partial charge is 0.423 e. The number of allylic oxidation sites excluding steroid dienone is 2. The zero-order valence-corrected chi connectivity index (χ0v) is 15.6. The van der Waals surface area contributed by atoms with Crippen molar-refractivity contribution in [3.63, 3.8) is 0 Å². The van der Waals surface area contributed by atoms with Gasteiger partial charge in [0, 0.05) is 11.5 Å². The molecule has 0 bridgehead atoms. The Balaban J connectivity index is 0.000000219. The van der Waals surface area contributed by atoms with Crippen molar-refractivity contribution in [1.29, 1.82) is 0 Å². The Morgan fingerprint density at radius 3 is 2.15 bits per heavy atom. The molecule has 0 amide bonds. The summed E-state index contributed by atoms with van der Waals surface area (Å²) in [6.45, 7) is 4.68. The van der Waals surface area contributed by atoms with Gasteiger partial charge in [-0.2, -0.15) is 0 Å². The molecule has 0 fully saturated rings. The minimum absolute atomic E-state index is 0.0185. The van der Waals surface area contributed by atoms with Crippen LogP contribution < -0.4 is 5.63 Å². The molecule has 1 aromatic heterocycles. The molecule has 0 aliphatic carbocycles. The van der Waals surface area contributed by atoms with Crippen LogP contribution in [0.4, 0.5) is 0 Å². The second kappa shape index (κ2) is 12.2. The summed E-state index contributed by atoms with van der Waals surface area (Å²) < 4.78 is 4.91. The lowest BCUT2D eigenvalue weighted by Crippen LogP contribution is -1.93. The first-order chi connectivity index (χ1) is 12.9. The normalized spacial score (nSPS) is 9.56. The van der Waals surface area contributed by atoms with Crippen LogP contribution in [0.3, 0.4) is 0 Å². The van der Waals surface area contributed by atoms with E-state index in [4.69, 9.17) is 16.0 Å². The van der Waals surface area contributed by atoms with Crippen molar-refractivity contribution < 1.29 is 14.0 Å². The van der Waals surface area contributed by atoms with Crippen LogP contribution in [0.2, 0.25) is 0 Å². The van der Waals surface area contributed by atoms with Crippen LogP contribution in [-0.2, 0) is 9.59 Å². The number of hydrogen-bond acceptors (Lipinski definition) is 4. The summed E-state index contributed by atoms with van der Waals surface area (Å²) in [6, 6.07) is 20.1. The van der Waals surface area contributed by atoms with Crippen LogP contribution in [0.25, 0.3) is 17.0 Å². The van der Waals surface area contributed by atoms with Crippen molar-refractivity contribution >= 4 is 39.7 Å². The van der Waals surface area contributed by atoms with Crippen LogP contribution in [0.15, 0.2) is 94.7 Å². The van der Waals surface area contributed by atoms with Crippen LogP contribution in [0.5, 0.6) is 0 Å². The van der Waals surface area contributed by atoms with Crippen LogP contribution in [-0.4, -0.2) is 11.0 Å². The molecule has 0 atom stereocenters. The van der Waals surface area contributed by atoms with Gasteiger partial charge in [0.15, 0.2) is 5.78 Å². The SMILES string of the molecule is C=CC(C)=O.O=C(Cl)/C=C/c1ccccc1.O=c1ccc2ccccc2o1. The number of carbonyl (C=O) groups excluding carboxylic acids is 2.